The van der Waals surface area contributed by atoms with Gasteiger partial charge in [-0.3, -0.25) is 13.9 Å². The maximum absolute atomic E-state index is 14.1. The first kappa shape index (κ1) is 32.0. The highest BCUT2D eigenvalue weighted by Crippen LogP contribution is 2.27. The molecule has 0 aliphatic rings. The van der Waals surface area contributed by atoms with Gasteiger partial charge in [0.05, 0.1) is 17.7 Å². The standard InChI is InChI=1S/C31H38ClN3O5S/c1-7-28(30(37)33-31(3,4)5)34(20-23-10-8-13-26(18-23)40-6)29(36)21-35(25-12-9-11-24(32)19-25)41(38,39)27-16-14-22(2)15-17-27/h8-19,28H,7,20-21H2,1-6H3,(H,33,37). The average Bonchev–Trinajstić information content (AvgIpc) is 2.90. The fourth-order valence-electron chi connectivity index (χ4n) is 4.34. The Hall–Kier alpha value is -3.56. The fourth-order valence-corrected chi connectivity index (χ4v) is 5.93. The van der Waals surface area contributed by atoms with E-state index in [4.69, 9.17) is 16.3 Å². The van der Waals surface area contributed by atoms with Crippen molar-refractivity contribution >= 4 is 39.1 Å². The summed E-state index contributed by atoms with van der Waals surface area (Å²) in [6.45, 7) is 8.79. The molecule has 1 N–H and O–H groups in total. The topological polar surface area (TPSA) is 96.0 Å². The first-order valence-electron chi connectivity index (χ1n) is 13.3. The molecule has 3 aromatic carbocycles. The van der Waals surface area contributed by atoms with Crippen molar-refractivity contribution in [1.29, 1.82) is 0 Å². The fraction of sp³-hybridized carbons (Fsp3) is 0.355. The number of anilines is 1. The third-order valence-electron chi connectivity index (χ3n) is 6.36. The van der Waals surface area contributed by atoms with Crippen LogP contribution < -0.4 is 14.4 Å². The highest BCUT2D eigenvalue weighted by atomic mass is 35.5. The molecule has 10 heteroatoms. The number of aryl methyl sites for hydroxylation is 1. The van der Waals surface area contributed by atoms with Crippen LogP contribution in [0.2, 0.25) is 5.02 Å². The van der Waals surface area contributed by atoms with Crippen LogP contribution in [0.5, 0.6) is 5.75 Å². The summed E-state index contributed by atoms with van der Waals surface area (Å²) in [6.07, 6.45) is 0.319. The van der Waals surface area contributed by atoms with Gasteiger partial charge >= 0.3 is 0 Å². The summed E-state index contributed by atoms with van der Waals surface area (Å²) in [5.74, 6) is -0.268. The van der Waals surface area contributed by atoms with Gasteiger partial charge in [-0.05, 0) is 82.1 Å². The van der Waals surface area contributed by atoms with Crippen molar-refractivity contribution in [2.75, 3.05) is 18.0 Å². The molecule has 0 saturated heterocycles. The minimum atomic E-state index is -4.17. The van der Waals surface area contributed by atoms with E-state index in [2.05, 4.69) is 5.32 Å². The average molecular weight is 600 g/mol. The molecule has 3 rings (SSSR count). The van der Waals surface area contributed by atoms with E-state index in [0.29, 0.717) is 17.2 Å². The lowest BCUT2D eigenvalue weighted by Crippen LogP contribution is -2.55. The van der Waals surface area contributed by atoms with Crippen molar-refractivity contribution in [3.63, 3.8) is 0 Å². The number of rotatable bonds is 11. The lowest BCUT2D eigenvalue weighted by atomic mass is 10.1. The Balaban J connectivity index is 2.08. The normalized spacial score (nSPS) is 12.4. The SMILES string of the molecule is CCC(C(=O)NC(C)(C)C)N(Cc1cccc(OC)c1)C(=O)CN(c1cccc(Cl)c1)S(=O)(=O)c1ccc(C)cc1. The second-order valence-corrected chi connectivity index (χ2v) is 13.1. The minimum absolute atomic E-state index is 0.0349. The molecule has 0 radical (unpaired) electrons. The number of carbonyl (C=O) groups is 2. The van der Waals surface area contributed by atoms with Crippen LogP contribution in [0.1, 0.15) is 45.2 Å². The van der Waals surface area contributed by atoms with E-state index in [1.165, 1.54) is 23.1 Å². The lowest BCUT2D eigenvalue weighted by Gasteiger charge is -2.34. The first-order chi connectivity index (χ1) is 19.2. The molecule has 1 atom stereocenters. The zero-order valence-corrected chi connectivity index (χ0v) is 25.9. The molecule has 3 aromatic rings. The monoisotopic (exact) mass is 599 g/mol. The van der Waals surface area contributed by atoms with Crippen LogP contribution in [0.15, 0.2) is 77.7 Å². The molecule has 0 bridgehead atoms. The Labute approximate surface area is 248 Å². The number of hydrogen-bond acceptors (Lipinski definition) is 5. The van der Waals surface area contributed by atoms with Gasteiger partial charge in [0, 0.05) is 17.1 Å². The van der Waals surface area contributed by atoms with Gasteiger partial charge in [-0.15, -0.1) is 0 Å². The Morgan fingerprint density at radius 3 is 2.24 bits per heavy atom. The largest absolute Gasteiger partial charge is 0.497 e. The summed E-state index contributed by atoms with van der Waals surface area (Å²) < 4.78 is 34.3. The predicted molar refractivity (Wildman–Crippen MR) is 163 cm³/mol. The zero-order chi connectivity index (χ0) is 30.4. The third-order valence-corrected chi connectivity index (χ3v) is 8.38. The van der Waals surface area contributed by atoms with Crippen molar-refractivity contribution in [2.45, 2.75) is 64.1 Å². The van der Waals surface area contributed by atoms with Crippen LogP contribution in [0.25, 0.3) is 0 Å². The first-order valence-corrected chi connectivity index (χ1v) is 15.2. The van der Waals surface area contributed by atoms with Crippen molar-refractivity contribution in [3.05, 3.63) is 88.9 Å². The Bertz CT molecular complexity index is 1470. The molecule has 0 aromatic heterocycles. The van der Waals surface area contributed by atoms with E-state index in [9.17, 15) is 18.0 Å². The van der Waals surface area contributed by atoms with Gasteiger partial charge < -0.3 is 15.0 Å². The second kappa shape index (κ2) is 13.4. The highest BCUT2D eigenvalue weighted by molar-refractivity contribution is 7.92. The summed E-state index contributed by atoms with van der Waals surface area (Å²) in [7, 11) is -2.63. The van der Waals surface area contributed by atoms with Gasteiger partial charge in [-0.2, -0.15) is 0 Å². The van der Waals surface area contributed by atoms with E-state index in [0.717, 1.165) is 15.4 Å². The molecule has 0 spiro atoms. The lowest BCUT2D eigenvalue weighted by molar-refractivity contribution is -0.141. The van der Waals surface area contributed by atoms with Gasteiger partial charge in [0.2, 0.25) is 11.8 Å². The van der Waals surface area contributed by atoms with Crippen molar-refractivity contribution < 1.29 is 22.7 Å². The number of benzene rings is 3. The highest BCUT2D eigenvalue weighted by Gasteiger charge is 2.34. The number of carbonyl (C=O) groups excluding carboxylic acids is 2. The minimum Gasteiger partial charge on any atom is -0.497 e. The number of methoxy groups -OCH3 is 1. The van der Waals surface area contributed by atoms with Gasteiger partial charge in [0.15, 0.2) is 0 Å². The van der Waals surface area contributed by atoms with Crippen LogP contribution in [-0.4, -0.2) is 50.4 Å². The van der Waals surface area contributed by atoms with E-state index in [1.54, 1.807) is 55.6 Å². The maximum atomic E-state index is 14.1. The van der Waals surface area contributed by atoms with Crippen molar-refractivity contribution in [3.8, 4) is 5.75 Å². The van der Waals surface area contributed by atoms with E-state index >= 15 is 0 Å². The molecule has 0 heterocycles. The van der Waals surface area contributed by atoms with E-state index in [1.807, 2.05) is 40.7 Å². The van der Waals surface area contributed by atoms with Crippen LogP contribution in [0.3, 0.4) is 0 Å². The number of hydrogen-bond donors (Lipinski definition) is 1. The summed E-state index contributed by atoms with van der Waals surface area (Å²) in [4.78, 5) is 29.0. The molecule has 0 aliphatic heterocycles. The molecule has 2 amide bonds. The summed E-state index contributed by atoms with van der Waals surface area (Å²) in [5.41, 5.74) is 1.33. The van der Waals surface area contributed by atoms with Gasteiger partial charge in [0.25, 0.3) is 10.0 Å². The van der Waals surface area contributed by atoms with Gasteiger partial charge in [-0.25, -0.2) is 8.42 Å². The Kier molecular flexibility index (Phi) is 10.4. The maximum Gasteiger partial charge on any atom is 0.264 e. The third kappa shape index (κ3) is 8.47. The Morgan fingerprint density at radius 2 is 1.66 bits per heavy atom. The van der Waals surface area contributed by atoms with Crippen LogP contribution in [0, 0.1) is 6.92 Å². The molecular formula is C31H38ClN3O5S. The molecule has 8 nitrogen and oxygen atoms in total. The molecule has 0 fully saturated rings. The van der Waals surface area contributed by atoms with Gasteiger partial charge in [0.1, 0.15) is 18.3 Å². The van der Waals surface area contributed by atoms with Crippen LogP contribution in [0.4, 0.5) is 5.69 Å². The van der Waals surface area contributed by atoms with E-state index < -0.39 is 34.1 Å². The molecule has 0 aliphatic carbocycles. The Morgan fingerprint density at radius 1 is 1.00 bits per heavy atom. The van der Waals surface area contributed by atoms with Crippen LogP contribution in [-0.2, 0) is 26.2 Å². The molecular weight excluding hydrogens is 562 g/mol. The molecule has 0 saturated carbocycles. The number of nitrogens with zero attached hydrogens (tertiary/aromatic N) is 2. The van der Waals surface area contributed by atoms with Gasteiger partial charge in [-0.1, -0.05) is 54.4 Å². The number of sulfonamides is 1. The molecule has 1 unspecified atom stereocenters. The number of halogens is 1. The second-order valence-electron chi connectivity index (χ2n) is 10.8. The number of ether oxygens (including phenoxy) is 1. The molecule has 220 valence electrons. The summed E-state index contributed by atoms with van der Waals surface area (Å²) in [6, 6.07) is 19.1. The van der Waals surface area contributed by atoms with Crippen molar-refractivity contribution in [1.82, 2.24) is 10.2 Å². The molecule has 41 heavy (non-hydrogen) atoms. The van der Waals surface area contributed by atoms with Crippen LogP contribution >= 0.6 is 11.6 Å². The number of amides is 2. The summed E-state index contributed by atoms with van der Waals surface area (Å²) in [5, 5.41) is 3.28. The number of nitrogens with one attached hydrogen (secondary N) is 1. The quantitative estimate of drug-likeness (QED) is 0.311. The van der Waals surface area contributed by atoms with Crippen molar-refractivity contribution in [2.24, 2.45) is 0 Å². The van der Waals surface area contributed by atoms with E-state index in [-0.39, 0.29) is 23.0 Å². The zero-order valence-electron chi connectivity index (χ0n) is 24.3. The smallest absolute Gasteiger partial charge is 0.264 e. The predicted octanol–water partition coefficient (Wildman–Crippen LogP) is 5.57. The summed E-state index contributed by atoms with van der Waals surface area (Å²) >= 11 is 6.24.